The van der Waals surface area contributed by atoms with Crippen LogP contribution in [0.5, 0.6) is 0 Å². The normalized spacial score (nSPS) is 10.5. The fourth-order valence-electron chi connectivity index (χ4n) is 2.08. The van der Waals surface area contributed by atoms with Crippen LogP contribution in [0.25, 0.3) is 11.1 Å². The van der Waals surface area contributed by atoms with Crippen molar-refractivity contribution in [3.63, 3.8) is 0 Å². The van der Waals surface area contributed by atoms with Crippen LogP contribution in [0, 0.1) is 13.8 Å². The Bertz CT molecular complexity index is 714. The molecular weight excluding hydrogens is 242 g/mol. The van der Waals surface area contributed by atoms with E-state index >= 15 is 0 Å². The first-order valence-electron chi connectivity index (χ1n) is 5.91. The molecule has 2 aromatic rings. The number of benzene rings is 1. The molecule has 19 heavy (non-hydrogen) atoms. The molecule has 0 saturated heterocycles. The van der Waals surface area contributed by atoms with Gasteiger partial charge < -0.3 is 9.67 Å². The van der Waals surface area contributed by atoms with Gasteiger partial charge in [0.25, 0.3) is 0 Å². The summed E-state index contributed by atoms with van der Waals surface area (Å²) >= 11 is 0. The van der Waals surface area contributed by atoms with Gasteiger partial charge in [-0.05, 0) is 25.0 Å². The van der Waals surface area contributed by atoms with Crippen molar-refractivity contribution in [1.82, 2.24) is 4.57 Å². The highest BCUT2D eigenvalue weighted by molar-refractivity contribution is 5.89. The summed E-state index contributed by atoms with van der Waals surface area (Å²) in [7, 11) is 1.71. The summed E-state index contributed by atoms with van der Waals surface area (Å²) in [6.07, 6.45) is 3.00. The number of hydrogen-bond donors (Lipinski definition) is 1. The maximum Gasteiger partial charge on any atom is 0.341 e. The van der Waals surface area contributed by atoms with Crippen LogP contribution in [0.1, 0.15) is 21.5 Å². The fourth-order valence-corrected chi connectivity index (χ4v) is 2.08. The Morgan fingerprint density at radius 1 is 1.16 bits per heavy atom. The van der Waals surface area contributed by atoms with E-state index in [0.29, 0.717) is 5.56 Å². The van der Waals surface area contributed by atoms with Gasteiger partial charge in [0.15, 0.2) is 0 Å². The van der Waals surface area contributed by atoms with Gasteiger partial charge in [-0.1, -0.05) is 23.8 Å². The van der Waals surface area contributed by atoms with Gasteiger partial charge in [-0.2, -0.15) is 0 Å². The molecule has 0 amide bonds. The molecule has 4 heteroatoms. The molecule has 0 unspecified atom stereocenters. The molecule has 0 aliphatic carbocycles. The first-order valence-corrected chi connectivity index (χ1v) is 5.91. The maximum atomic E-state index is 12.2. The predicted octanol–water partition coefficient (Wildman–Crippen LogP) is 2.37. The Hall–Kier alpha value is -2.36. The Labute approximate surface area is 110 Å². The minimum Gasteiger partial charge on any atom is -0.477 e. The highest BCUT2D eigenvalue weighted by Gasteiger charge is 2.15. The molecule has 0 saturated carbocycles. The van der Waals surface area contributed by atoms with Crippen molar-refractivity contribution in [2.75, 3.05) is 0 Å². The summed E-state index contributed by atoms with van der Waals surface area (Å²) in [6, 6.07) is 5.79. The van der Waals surface area contributed by atoms with Crippen LogP contribution in [0.4, 0.5) is 0 Å². The van der Waals surface area contributed by atoms with Crippen molar-refractivity contribution in [3.8, 4) is 11.1 Å². The van der Waals surface area contributed by atoms with Crippen molar-refractivity contribution in [2.24, 2.45) is 7.05 Å². The smallest absolute Gasteiger partial charge is 0.341 e. The number of aryl methyl sites for hydroxylation is 3. The van der Waals surface area contributed by atoms with Crippen molar-refractivity contribution >= 4 is 5.97 Å². The summed E-state index contributed by atoms with van der Waals surface area (Å²) in [5.74, 6) is -1.20. The number of pyridine rings is 1. The Balaban J connectivity index is 2.79. The number of carbonyl (C=O) groups is 1. The van der Waals surface area contributed by atoms with E-state index in [-0.39, 0.29) is 5.56 Å². The minimum absolute atomic E-state index is 0.207. The highest BCUT2D eigenvalue weighted by Crippen LogP contribution is 2.21. The minimum atomic E-state index is -1.20. The van der Waals surface area contributed by atoms with Gasteiger partial charge in [0.1, 0.15) is 5.56 Å². The van der Waals surface area contributed by atoms with Gasteiger partial charge in [0, 0.05) is 25.0 Å². The molecule has 98 valence electrons. The zero-order valence-corrected chi connectivity index (χ0v) is 11.1. The summed E-state index contributed by atoms with van der Waals surface area (Å²) in [5, 5.41) is 9.07. The second-order valence-corrected chi connectivity index (χ2v) is 4.70. The number of rotatable bonds is 2. The molecule has 0 atom stereocenters. The van der Waals surface area contributed by atoms with Crippen LogP contribution in [-0.4, -0.2) is 15.6 Å². The Morgan fingerprint density at radius 2 is 1.84 bits per heavy atom. The van der Waals surface area contributed by atoms with Crippen molar-refractivity contribution in [2.45, 2.75) is 13.8 Å². The van der Waals surface area contributed by atoms with Crippen LogP contribution in [0.3, 0.4) is 0 Å². The average Bonchev–Trinajstić information content (AvgIpc) is 2.34. The van der Waals surface area contributed by atoms with E-state index in [2.05, 4.69) is 0 Å². The van der Waals surface area contributed by atoms with E-state index in [9.17, 15) is 9.59 Å². The van der Waals surface area contributed by atoms with E-state index in [0.717, 1.165) is 16.7 Å². The first-order chi connectivity index (χ1) is 8.90. The van der Waals surface area contributed by atoms with Gasteiger partial charge in [-0.3, -0.25) is 4.79 Å². The van der Waals surface area contributed by atoms with Gasteiger partial charge >= 0.3 is 5.97 Å². The second kappa shape index (κ2) is 4.72. The van der Waals surface area contributed by atoms with Gasteiger partial charge in [-0.15, -0.1) is 0 Å². The highest BCUT2D eigenvalue weighted by atomic mass is 16.4. The lowest BCUT2D eigenvalue weighted by Crippen LogP contribution is -2.19. The van der Waals surface area contributed by atoms with E-state index in [1.165, 1.54) is 6.20 Å². The number of aromatic nitrogens is 1. The largest absolute Gasteiger partial charge is 0.477 e. The SMILES string of the molecule is Cc1ccc(C)c(-c2cn(C)cc(C(=O)O)c2=O)c1. The summed E-state index contributed by atoms with van der Waals surface area (Å²) < 4.78 is 1.60. The molecule has 0 aliphatic rings. The number of carboxylic acid groups (broad SMARTS) is 1. The molecule has 0 spiro atoms. The molecule has 0 aliphatic heterocycles. The lowest BCUT2D eigenvalue weighted by atomic mass is 9.98. The number of hydrogen-bond acceptors (Lipinski definition) is 2. The number of nitrogens with zero attached hydrogens (tertiary/aromatic N) is 1. The lowest BCUT2D eigenvalue weighted by molar-refractivity contribution is 0.0694. The Morgan fingerprint density at radius 3 is 2.47 bits per heavy atom. The maximum absolute atomic E-state index is 12.2. The van der Waals surface area contributed by atoms with Crippen LogP contribution in [-0.2, 0) is 7.05 Å². The zero-order chi connectivity index (χ0) is 14.2. The van der Waals surface area contributed by atoms with Crippen LogP contribution in [0.2, 0.25) is 0 Å². The van der Waals surface area contributed by atoms with E-state index in [1.54, 1.807) is 17.8 Å². The third-order valence-electron chi connectivity index (χ3n) is 3.07. The van der Waals surface area contributed by atoms with E-state index < -0.39 is 11.4 Å². The molecule has 1 heterocycles. The van der Waals surface area contributed by atoms with Gasteiger partial charge in [0.05, 0.1) is 0 Å². The molecule has 4 nitrogen and oxygen atoms in total. The molecule has 2 rings (SSSR count). The monoisotopic (exact) mass is 257 g/mol. The molecule has 0 fully saturated rings. The molecular formula is C15H15NO3. The molecule has 0 bridgehead atoms. The third-order valence-corrected chi connectivity index (χ3v) is 3.07. The summed E-state index contributed by atoms with van der Waals surface area (Å²) in [4.78, 5) is 23.3. The standard InChI is InChI=1S/C15H15NO3/c1-9-4-5-10(2)11(6-9)12-7-16(3)8-13(14(12)17)15(18)19/h4-8H,1-3H3,(H,18,19). The molecule has 1 N–H and O–H groups in total. The summed E-state index contributed by atoms with van der Waals surface area (Å²) in [6.45, 7) is 3.84. The fraction of sp³-hybridized carbons (Fsp3) is 0.200. The number of aromatic carboxylic acids is 1. The second-order valence-electron chi connectivity index (χ2n) is 4.70. The van der Waals surface area contributed by atoms with Crippen molar-refractivity contribution < 1.29 is 9.90 Å². The van der Waals surface area contributed by atoms with Gasteiger partial charge in [-0.25, -0.2) is 4.79 Å². The van der Waals surface area contributed by atoms with E-state index in [1.807, 2.05) is 32.0 Å². The molecule has 1 aromatic heterocycles. The van der Waals surface area contributed by atoms with Crippen molar-refractivity contribution in [3.05, 3.63) is 57.5 Å². The first kappa shape index (κ1) is 13.1. The predicted molar refractivity (Wildman–Crippen MR) is 73.6 cm³/mol. The number of carboxylic acids is 1. The van der Waals surface area contributed by atoms with Crippen LogP contribution in [0.15, 0.2) is 35.4 Å². The molecule has 1 aromatic carbocycles. The van der Waals surface area contributed by atoms with Crippen LogP contribution >= 0.6 is 0 Å². The van der Waals surface area contributed by atoms with Crippen molar-refractivity contribution in [1.29, 1.82) is 0 Å². The molecule has 0 radical (unpaired) electrons. The zero-order valence-electron chi connectivity index (χ0n) is 11.1. The quantitative estimate of drug-likeness (QED) is 0.898. The average molecular weight is 257 g/mol. The summed E-state index contributed by atoms with van der Waals surface area (Å²) in [5.41, 5.74) is 2.53. The van der Waals surface area contributed by atoms with Crippen LogP contribution < -0.4 is 5.43 Å². The lowest BCUT2D eigenvalue weighted by Gasteiger charge is -2.09. The van der Waals surface area contributed by atoms with E-state index in [4.69, 9.17) is 5.11 Å². The topological polar surface area (TPSA) is 59.3 Å². The van der Waals surface area contributed by atoms with Gasteiger partial charge in [0.2, 0.25) is 5.43 Å². The third kappa shape index (κ3) is 2.42. The Kier molecular flexibility index (Phi) is 3.25.